The molecule has 0 aliphatic heterocycles. The van der Waals surface area contributed by atoms with Gasteiger partial charge in [0.25, 0.3) is 0 Å². The summed E-state index contributed by atoms with van der Waals surface area (Å²) in [6, 6.07) is 0. The molecular weight excluding hydrogens is 122 g/mol. The largest absolute Gasteiger partial charge is 0.330 e. The van der Waals surface area contributed by atoms with E-state index in [9.17, 15) is 0 Å². The van der Waals surface area contributed by atoms with Gasteiger partial charge in [-0.1, -0.05) is 32.6 Å². The highest BCUT2D eigenvalue weighted by molar-refractivity contribution is 4.86. The summed E-state index contributed by atoms with van der Waals surface area (Å²) >= 11 is 0. The average Bonchev–Trinajstić information content (AvgIpc) is 2.68. The fourth-order valence-corrected chi connectivity index (χ4v) is 1.61. The van der Waals surface area contributed by atoms with Gasteiger partial charge in [0.2, 0.25) is 0 Å². The first-order valence-corrected chi connectivity index (χ1v) is 4.58. The van der Waals surface area contributed by atoms with E-state index in [0.717, 1.165) is 18.4 Å². The normalized spacial score (nSPS) is 30.6. The van der Waals surface area contributed by atoms with E-state index in [1.807, 2.05) is 0 Å². The van der Waals surface area contributed by atoms with E-state index >= 15 is 0 Å². The van der Waals surface area contributed by atoms with Gasteiger partial charge in [-0.05, 0) is 24.8 Å². The van der Waals surface area contributed by atoms with Crippen molar-refractivity contribution in [3.63, 3.8) is 0 Å². The van der Waals surface area contributed by atoms with Gasteiger partial charge in [0.05, 0.1) is 0 Å². The van der Waals surface area contributed by atoms with Crippen LogP contribution in [0.2, 0.25) is 0 Å². The second-order valence-electron chi connectivity index (χ2n) is 3.49. The van der Waals surface area contributed by atoms with Gasteiger partial charge in [-0.25, -0.2) is 0 Å². The topological polar surface area (TPSA) is 26.0 Å². The molecule has 2 atom stereocenters. The van der Waals surface area contributed by atoms with Crippen molar-refractivity contribution >= 4 is 0 Å². The molecule has 0 bridgehead atoms. The first-order chi connectivity index (χ1) is 4.88. The Morgan fingerprint density at radius 2 is 2.10 bits per heavy atom. The van der Waals surface area contributed by atoms with Crippen LogP contribution in [0.4, 0.5) is 0 Å². The lowest BCUT2D eigenvalue weighted by atomic mass is 10.1. The van der Waals surface area contributed by atoms with Crippen molar-refractivity contribution in [2.24, 2.45) is 17.6 Å². The second-order valence-corrected chi connectivity index (χ2v) is 3.49. The number of unbranched alkanes of at least 4 members (excludes halogenated alkanes) is 2. The lowest BCUT2D eigenvalue weighted by molar-refractivity contribution is 0.584. The van der Waals surface area contributed by atoms with Crippen LogP contribution in [0.5, 0.6) is 0 Å². The van der Waals surface area contributed by atoms with E-state index < -0.39 is 0 Å². The number of hydrogen-bond acceptors (Lipinski definition) is 1. The Labute approximate surface area is 64.0 Å². The minimum Gasteiger partial charge on any atom is -0.330 e. The molecule has 2 N–H and O–H groups in total. The molecule has 0 aromatic heterocycles. The summed E-state index contributed by atoms with van der Waals surface area (Å²) in [5.74, 6) is 1.91. The summed E-state index contributed by atoms with van der Waals surface area (Å²) in [6.07, 6.45) is 7.04. The van der Waals surface area contributed by atoms with Crippen LogP contribution >= 0.6 is 0 Å². The Bertz CT molecular complexity index is 90.7. The molecule has 1 saturated carbocycles. The molecule has 0 saturated heterocycles. The first kappa shape index (κ1) is 8.06. The Balaban J connectivity index is 1.87. The highest BCUT2D eigenvalue weighted by Crippen LogP contribution is 2.41. The van der Waals surface area contributed by atoms with Crippen LogP contribution in [0.1, 0.15) is 39.0 Å². The molecule has 0 aromatic carbocycles. The molecule has 0 amide bonds. The number of rotatable bonds is 5. The Hall–Kier alpha value is -0.0400. The van der Waals surface area contributed by atoms with E-state index in [1.165, 1.54) is 32.1 Å². The van der Waals surface area contributed by atoms with Crippen molar-refractivity contribution in [2.45, 2.75) is 39.0 Å². The first-order valence-electron chi connectivity index (χ1n) is 4.58. The molecule has 1 fully saturated rings. The zero-order valence-corrected chi connectivity index (χ0v) is 6.97. The van der Waals surface area contributed by atoms with Crippen LogP contribution in [0, 0.1) is 11.8 Å². The number of nitrogens with two attached hydrogens (primary N) is 1. The summed E-state index contributed by atoms with van der Waals surface area (Å²) in [5, 5.41) is 0. The zero-order chi connectivity index (χ0) is 7.40. The van der Waals surface area contributed by atoms with Gasteiger partial charge in [-0.2, -0.15) is 0 Å². The highest BCUT2D eigenvalue weighted by Gasteiger charge is 2.34. The van der Waals surface area contributed by atoms with E-state index in [2.05, 4.69) is 6.92 Å². The van der Waals surface area contributed by atoms with E-state index in [1.54, 1.807) is 0 Å². The molecule has 2 unspecified atom stereocenters. The third kappa shape index (κ3) is 2.30. The Morgan fingerprint density at radius 3 is 2.60 bits per heavy atom. The van der Waals surface area contributed by atoms with Crippen LogP contribution < -0.4 is 5.73 Å². The molecule has 1 nitrogen and oxygen atoms in total. The maximum Gasteiger partial charge on any atom is -0.00461 e. The fraction of sp³-hybridized carbons (Fsp3) is 1.00. The summed E-state index contributed by atoms with van der Waals surface area (Å²) in [5.41, 5.74) is 5.53. The van der Waals surface area contributed by atoms with Crippen LogP contribution in [0.3, 0.4) is 0 Å². The Morgan fingerprint density at radius 1 is 1.30 bits per heavy atom. The summed E-state index contributed by atoms with van der Waals surface area (Å²) in [4.78, 5) is 0. The SMILES string of the molecule is CCCCCC1CC1CN. The molecule has 1 heteroatoms. The lowest BCUT2D eigenvalue weighted by Crippen LogP contribution is -2.02. The molecule has 60 valence electrons. The van der Waals surface area contributed by atoms with E-state index in [-0.39, 0.29) is 0 Å². The van der Waals surface area contributed by atoms with Crippen molar-refractivity contribution in [1.29, 1.82) is 0 Å². The lowest BCUT2D eigenvalue weighted by Gasteiger charge is -1.95. The molecule has 10 heavy (non-hydrogen) atoms. The molecule has 1 rings (SSSR count). The summed E-state index contributed by atoms with van der Waals surface area (Å²) in [7, 11) is 0. The van der Waals surface area contributed by atoms with Gasteiger partial charge in [0.1, 0.15) is 0 Å². The average molecular weight is 141 g/mol. The molecular formula is C9H19N. The van der Waals surface area contributed by atoms with E-state index in [0.29, 0.717) is 0 Å². The molecule has 0 heterocycles. The monoisotopic (exact) mass is 141 g/mol. The van der Waals surface area contributed by atoms with Crippen LogP contribution in [-0.4, -0.2) is 6.54 Å². The predicted octanol–water partition coefficient (Wildman–Crippen LogP) is 2.16. The van der Waals surface area contributed by atoms with Crippen molar-refractivity contribution in [3.8, 4) is 0 Å². The molecule has 0 spiro atoms. The van der Waals surface area contributed by atoms with Gasteiger partial charge in [0.15, 0.2) is 0 Å². The number of hydrogen-bond donors (Lipinski definition) is 1. The second kappa shape index (κ2) is 3.97. The smallest absolute Gasteiger partial charge is 0.00461 e. The fourth-order valence-electron chi connectivity index (χ4n) is 1.61. The van der Waals surface area contributed by atoms with Gasteiger partial charge in [0, 0.05) is 0 Å². The van der Waals surface area contributed by atoms with Crippen LogP contribution in [-0.2, 0) is 0 Å². The maximum absolute atomic E-state index is 5.53. The minimum atomic E-state index is 0.900. The predicted molar refractivity (Wildman–Crippen MR) is 44.8 cm³/mol. The van der Waals surface area contributed by atoms with Gasteiger partial charge in [-0.3, -0.25) is 0 Å². The molecule has 0 aromatic rings. The van der Waals surface area contributed by atoms with Crippen LogP contribution in [0.25, 0.3) is 0 Å². The van der Waals surface area contributed by atoms with Gasteiger partial charge >= 0.3 is 0 Å². The third-order valence-electron chi connectivity index (χ3n) is 2.55. The highest BCUT2D eigenvalue weighted by atomic mass is 14.6. The van der Waals surface area contributed by atoms with Crippen molar-refractivity contribution in [1.82, 2.24) is 0 Å². The van der Waals surface area contributed by atoms with Crippen LogP contribution in [0.15, 0.2) is 0 Å². The maximum atomic E-state index is 5.53. The molecule has 0 radical (unpaired) electrons. The van der Waals surface area contributed by atoms with Gasteiger partial charge < -0.3 is 5.73 Å². The molecule has 1 aliphatic carbocycles. The summed E-state index contributed by atoms with van der Waals surface area (Å²) in [6.45, 7) is 3.18. The van der Waals surface area contributed by atoms with Crippen molar-refractivity contribution in [2.75, 3.05) is 6.54 Å². The van der Waals surface area contributed by atoms with Crippen molar-refractivity contribution < 1.29 is 0 Å². The standard InChI is InChI=1S/C9H19N/c1-2-3-4-5-8-6-9(8)7-10/h8-9H,2-7,10H2,1H3. The summed E-state index contributed by atoms with van der Waals surface area (Å²) < 4.78 is 0. The zero-order valence-electron chi connectivity index (χ0n) is 6.97. The van der Waals surface area contributed by atoms with E-state index in [4.69, 9.17) is 5.73 Å². The molecule has 1 aliphatic rings. The Kier molecular flexibility index (Phi) is 3.20. The minimum absolute atomic E-state index is 0.900. The third-order valence-corrected chi connectivity index (χ3v) is 2.55. The van der Waals surface area contributed by atoms with Gasteiger partial charge in [-0.15, -0.1) is 0 Å². The van der Waals surface area contributed by atoms with Crippen molar-refractivity contribution in [3.05, 3.63) is 0 Å². The quantitative estimate of drug-likeness (QED) is 0.583.